The zero-order chi connectivity index (χ0) is 20.1. The number of carboxylic acid groups (broad SMARTS) is 1. The summed E-state index contributed by atoms with van der Waals surface area (Å²) >= 11 is 0. The summed E-state index contributed by atoms with van der Waals surface area (Å²) < 4.78 is 18.5. The fraction of sp³-hybridized carbons (Fsp3) is 0.500. The lowest BCUT2D eigenvalue weighted by molar-refractivity contribution is -0.151. The molecule has 1 aromatic heterocycles. The lowest BCUT2D eigenvalue weighted by Gasteiger charge is -2.33. The molecule has 3 rings (SSSR count). The zero-order valence-electron chi connectivity index (χ0n) is 15.8. The van der Waals surface area contributed by atoms with Crippen molar-refractivity contribution in [3.63, 3.8) is 0 Å². The van der Waals surface area contributed by atoms with E-state index >= 15 is 0 Å². The number of aliphatic carboxylic acids is 1. The largest absolute Gasteiger partial charge is 0.481 e. The lowest BCUT2D eigenvalue weighted by Crippen LogP contribution is -2.44. The van der Waals surface area contributed by atoms with Gasteiger partial charge >= 0.3 is 5.97 Å². The molecule has 0 spiro atoms. The molecular formula is C20H24FN3O4. The van der Waals surface area contributed by atoms with E-state index in [-0.39, 0.29) is 31.1 Å². The Morgan fingerprint density at radius 2 is 2.04 bits per heavy atom. The Labute approximate surface area is 162 Å². The first-order valence-corrected chi connectivity index (χ1v) is 9.49. The molecule has 1 fully saturated rings. The number of amides is 1. The minimum absolute atomic E-state index is 0.125. The van der Waals surface area contributed by atoms with Gasteiger partial charge in [0.2, 0.25) is 17.6 Å². The van der Waals surface area contributed by atoms with Crippen LogP contribution >= 0.6 is 0 Å². The second-order valence-corrected chi connectivity index (χ2v) is 7.40. The Morgan fingerprint density at radius 3 is 2.71 bits per heavy atom. The highest BCUT2D eigenvalue weighted by Crippen LogP contribution is 2.36. The number of rotatable bonds is 7. The summed E-state index contributed by atoms with van der Waals surface area (Å²) in [6.45, 7) is 1.80. The van der Waals surface area contributed by atoms with Gasteiger partial charge < -0.3 is 14.9 Å². The van der Waals surface area contributed by atoms with Crippen LogP contribution in [-0.4, -0.2) is 33.7 Å². The second kappa shape index (κ2) is 8.50. The lowest BCUT2D eigenvalue weighted by atomic mass is 9.74. The third kappa shape index (κ3) is 4.55. The van der Waals surface area contributed by atoms with E-state index in [1.54, 1.807) is 19.1 Å². The van der Waals surface area contributed by atoms with E-state index in [4.69, 9.17) is 4.52 Å². The Bertz CT molecular complexity index is 859. The van der Waals surface area contributed by atoms with Crippen molar-refractivity contribution in [2.75, 3.05) is 6.54 Å². The van der Waals surface area contributed by atoms with Gasteiger partial charge in [-0.15, -0.1) is 0 Å². The molecule has 0 saturated heterocycles. The minimum Gasteiger partial charge on any atom is -0.481 e. The van der Waals surface area contributed by atoms with Crippen LogP contribution in [0, 0.1) is 18.2 Å². The first-order valence-electron chi connectivity index (χ1n) is 9.49. The van der Waals surface area contributed by atoms with Crippen molar-refractivity contribution in [2.45, 2.75) is 51.9 Å². The topological polar surface area (TPSA) is 105 Å². The van der Waals surface area contributed by atoms with E-state index in [1.165, 1.54) is 6.07 Å². The second-order valence-electron chi connectivity index (χ2n) is 7.40. The van der Waals surface area contributed by atoms with Gasteiger partial charge in [0, 0.05) is 24.9 Å². The molecule has 0 bridgehead atoms. The molecule has 1 aliphatic rings. The van der Waals surface area contributed by atoms with Crippen molar-refractivity contribution in [3.05, 3.63) is 35.5 Å². The van der Waals surface area contributed by atoms with Crippen LogP contribution < -0.4 is 5.32 Å². The molecule has 2 aromatic rings. The van der Waals surface area contributed by atoms with Gasteiger partial charge in [-0.2, -0.15) is 4.98 Å². The van der Waals surface area contributed by atoms with Crippen molar-refractivity contribution in [2.24, 2.45) is 5.41 Å². The Balaban J connectivity index is 1.53. The predicted octanol–water partition coefficient (Wildman–Crippen LogP) is 3.27. The van der Waals surface area contributed by atoms with E-state index in [0.29, 0.717) is 35.7 Å². The van der Waals surface area contributed by atoms with Gasteiger partial charge in [-0.05, 0) is 43.5 Å². The zero-order valence-corrected chi connectivity index (χ0v) is 15.8. The van der Waals surface area contributed by atoms with Crippen LogP contribution in [0.5, 0.6) is 0 Å². The van der Waals surface area contributed by atoms with Gasteiger partial charge in [0.25, 0.3) is 0 Å². The molecule has 0 unspecified atom stereocenters. The van der Waals surface area contributed by atoms with Crippen LogP contribution in [0.4, 0.5) is 4.39 Å². The van der Waals surface area contributed by atoms with Crippen LogP contribution in [0.1, 0.15) is 50.0 Å². The number of aryl methyl sites for hydroxylation is 2. The van der Waals surface area contributed by atoms with Crippen LogP contribution in [0.15, 0.2) is 22.7 Å². The maximum Gasteiger partial charge on any atom is 0.311 e. The number of nitrogens with zero attached hydrogens (tertiary/aromatic N) is 2. The molecule has 28 heavy (non-hydrogen) atoms. The first-order chi connectivity index (χ1) is 13.4. The van der Waals surface area contributed by atoms with Crippen molar-refractivity contribution in [1.29, 1.82) is 0 Å². The maximum atomic E-state index is 13.4. The first kappa shape index (κ1) is 20.0. The van der Waals surface area contributed by atoms with Crippen LogP contribution in [-0.2, 0) is 16.0 Å². The molecule has 2 N–H and O–H groups in total. The molecule has 1 saturated carbocycles. The minimum atomic E-state index is -0.855. The molecule has 8 heteroatoms. The van der Waals surface area contributed by atoms with Gasteiger partial charge in [-0.25, -0.2) is 4.39 Å². The average Bonchev–Trinajstić information content (AvgIpc) is 3.16. The average molecular weight is 389 g/mol. The Hall–Kier alpha value is -2.77. The molecular weight excluding hydrogens is 365 g/mol. The van der Waals surface area contributed by atoms with Gasteiger partial charge in [0.1, 0.15) is 5.82 Å². The molecule has 0 radical (unpaired) electrons. The number of benzene rings is 1. The number of carbonyl (C=O) groups is 2. The fourth-order valence-corrected chi connectivity index (χ4v) is 3.53. The fourth-order valence-electron chi connectivity index (χ4n) is 3.53. The molecule has 1 heterocycles. The van der Waals surface area contributed by atoms with Gasteiger partial charge in [0.05, 0.1) is 5.41 Å². The number of aromatic nitrogens is 2. The van der Waals surface area contributed by atoms with Crippen LogP contribution in [0.3, 0.4) is 0 Å². The highest BCUT2D eigenvalue weighted by Gasteiger charge is 2.39. The molecule has 1 aliphatic carbocycles. The normalized spacial score (nSPS) is 15.9. The van der Waals surface area contributed by atoms with Crippen molar-refractivity contribution < 1.29 is 23.6 Å². The number of carbonyl (C=O) groups excluding carboxylic acids is 1. The van der Waals surface area contributed by atoms with E-state index in [0.717, 1.165) is 19.3 Å². The van der Waals surface area contributed by atoms with E-state index in [2.05, 4.69) is 15.5 Å². The quantitative estimate of drug-likeness (QED) is 0.753. The van der Waals surface area contributed by atoms with E-state index in [9.17, 15) is 19.1 Å². The number of carboxylic acids is 1. The summed E-state index contributed by atoms with van der Waals surface area (Å²) in [6.07, 6.45) is 4.33. The highest BCUT2D eigenvalue weighted by molar-refractivity contribution is 5.79. The Kier molecular flexibility index (Phi) is 6.06. The highest BCUT2D eigenvalue weighted by atomic mass is 19.1. The standard InChI is InChI=1S/C20H24FN3O4/c1-13-11-14(5-6-15(13)21)18-23-17(28-24-18)8-7-16(25)22-12-20(19(26)27)9-3-2-4-10-20/h5-6,11H,2-4,7-10,12H2,1H3,(H,22,25)(H,26,27). The van der Waals surface area contributed by atoms with Crippen molar-refractivity contribution in [3.8, 4) is 11.4 Å². The smallest absolute Gasteiger partial charge is 0.311 e. The number of hydrogen-bond donors (Lipinski definition) is 2. The molecule has 150 valence electrons. The Morgan fingerprint density at radius 1 is 1.29 bits per heavy atom. The van der Waals surface area contributed by atoms with Crippen molar-refractivity contribution in [1.82, 2.24) is 15.5 Å². The van der Waals surface area contributed by atoms with Gasteiger partial charge in [0.15, 0.2) is 0 Å². The SMILES string of the molecule is Cc1cc(-c2noc(CCC(=O)NCC3(C(=O)O)CCCCC3)n2)ccc1F. The molecule has 0 aliphatic heterocycles. The van der Waals surface area contributed by atoms with Gasteiger partial charge in [-0.1, -0.05) is 24.4 Å². The summed E-state index contributed by atoms with van der Waals surface area (Å²) in [5.74, 6) is -0.753. The third-order valence-corrected chi connectivity index (χ3v) is 5.34. The number of nitrogens with one attached hydrogen (secondary N) is 1. The van der Waals surface area contributed by atoms with Gasteiger partial charge in [-0.3, -0.25) is 9.59 Å². The van der Waals surface area contributed by atoms with Crippen molar-refractivity contribution >= 4 is 11.9 Å². The van der Waals surface area contributed by atoms with Crippen LogP contribution in [0.2, 0.25) is 0 Å². The van der Waals surface area contributed by atoms with E-state index < -0.39 is 11.4 Å². The number of hydrogen-bond acceptors (Lipinski definition) is 5. The monoisotopic (exact) mass is 389 g/mol. The maximum absolute atomic E-state index is 13.4. The summed E-state index contributed by atoms with van der Waals surface area (Å²) in [4.78, 5) is 28.0. The number of halogens is 1. The van der Waals surface area contributed by atoms with E-state index in [1.807, 2.05) is 0 Å². The van der Waals surface area contributed by atoms with Crippen LogP contribution in [0.25, 0.3) is 11.4 Å². The summed E-state index contributed by atoms with van der Waals surface area (Å²) in [5.41, 5.74) is 0.267. The summed E-state index contributed by atoms with van der Waals surface area (Å²) in [6, 6.07) is 4.54. The summed E-state index contributed by atoms with van der Waals surface area (Å²) in [7, 11) is 0. The summed E-state index contributed by atoms with van der Waals surface area (Å²) in [5, 5.41) is 16.2. The predicted molar refractivity (Wildman–Crippen MR) is 98.9 cm³/mol. The third-order valence-electron chi connectivity index (χ3n) is 5.34. The molecule has 1 amide bonds. The molecule has 0 atom stereocenters. The molecule has 1 aromatic carbocycles. The molecule has 7 nitrogen and oxygen atoms in total.